The van der Waals surface area contributed by atoms with Gasteiger partial charge in [-0.1, -0.05) is 4.89 Å². The molecule has 0 unspecified atom stereocenters. The first kappa shape index (κ1) is 12.7. The second-order valence-electron chi connectivity index (χ2n) is 3.10. The maximum Gasteiger partial charge on any atom is 0.413 e. The molecule has 9 heteroatoms. The summed E-state index contributed by atoms with van der Waals surface area (Å²) in [6.45, 7) is -1.02. The van der Waals surface area contributed by atoms with Crippen LogP contribution in [0.1, 0.15) is 12.8 Å². The van der Waals surface area contributed by atoms with Gasteiger partial charge in [0.05, 0.1) is 0 Å². The van der Waals surface area contributed by atoms with E-state index in [-0.39, 0.29) is 0 Å². The van der Waals surface area contributed by atoms with Gasteiger partial charge in [-0.05, 0) is 12.8 Å². The molecule has 1 heterocycles. The Labute approximate surface area is 85.3 Å². The van der Waals surface area contributed by atoms with Gasteiger partial charge in [0.2, 0.25) is 0 Å². The summed E-state index contributed by atoms with van der Waals surface area (Å²) >= 11 is 0. The van der Waals surface area contributed by atoms with Crippen LogP contribution in [0.2, 0.25) is 0 Å². The van der Waals surface area contributed by atoms with E-state index in [0.29, 0.717) is 25.9 Å². The van der Waals surface area contributed by atoms with Gasteiger partial charge >= 0.3 is 16.4 Å². The van der Waals surface area contributed by atoms with E-state index < -0.39 is 23.0 Å². The molecule has 0 aromatic rings. The number of hydrogen-bond acceptors (Lipinski definition) is 3. The Morgan fingerprint density at radius 2 is 1.80 bits per heavy atom. The zero-order valence-corrected chi connectivity index (χ0v) is 8.57. The fourth-order valence-electron chi connectivity index (χ4n) is 1.17. The van der Waals surface area contributed by atoms with Crippen LogP contribution < -0.4 is 4.89 Å². The molecule has 0 aromatic heterocycles. The predicted octanol–water partition coefficient (Wildman–Crippen LogP) is 0.411. The highest BCUT2D eigenvalue weighted by atomic mass is 32.2. The third kappa shape index (κ3) is 4.33. The van der Waals surface area contributed by atoms with Crippen LogP contribution in [-0.4, -0.2) is 38.6 Å². The predicted molar refractivity (Wildman–Crippen MR) is 44.9 cm³/mol. The lowest BCUT2D eigenvalue weighted by Crippen LogP contribution is -2.40. The number of alkyl halides is 3. The van der Waals surface area contributed by atoms with Gasteiger partial charge in [-0.15, -0.1) is 0 Å². The fourth-order valence-corrected chi connectivity index (χ4v) is 2.22. The van der Waals surface area contributed by atoms with Crippen molar-refractivity contribution in [1.82, 2.24) is 9.19 Å². The molecule has 0 atom stereocenters. The lowest BCUT2D eigenvalue weighted by Gasteiger charge is -2.16. The molecule has 15 heavy (non-hydrogen) atoms. The standard InChI is InChI=1S/C6H11F3N2O3S/c7-6(8,9)5-14-10-15(12,13)11-3-1-2-4-11/h10H,1-5H2. The van der Waals surface area contributed by atoms with Gasteiger partial charge in [0.15, 0.2) is 6.61 Å². The Balaban J connectivity index is 2.37. The minimum Gasteiger partial charge on any atom is -0.276 e. The van der Waals surface area contributed by atoms with Crippen LogP contribution in [0.4, 0.5) is 13.2 Å². The molecule has 0 saturated carbocycles. The van der Waals surface area contributed by atoms with E-state index in [4.69, 9.17) is 0 Å². The number of nitrogens with one attached hydrogen (secondary N) is 1. The van der Waals surface area contributed by atoms with E-state index in [9.17, 15) is 21.6 Å². The quantitative estimate of drug-likeness (QED) is 0.733. The highest BCUT2D eigenvalue weighted by Crippen LogP contribution is 2.15. The second kappa shape index (κ2) is 4.64. The molecule has 0 aromatic carbocycles. The van der Waals surface area contributed by atoms with Crippen molar-refractivity contribution in [1.29, 1.82) is 0 Å². The van der Waals surface area contributed by atoms with Gasteiger partial charge in [0.25, 0.3) is 0 Å². The van der Waals surface area contributed by atoms with Gasteiger partial charge in [-0.3, -0.25) is 4.84 Å². The van der Waals surface area contributed by atoms with Gasteiger partial charge in [0, 0.05) is 13.1 Å². The molecule has 1 rings (SSSR count). The third-order valence-electron chi connectivity index (χ3n) is 1.81. The SMILES string of the molecule is O=S(=O)(NOCC(F)(F)F)N1CCCC1. The van der Waals surface area contributed by atoms with Crippen molar-refractivity contribution < 1.29 is 26.4 Å². The van der Waals surface area contributed by atoms with Crippen molar-refractivity contribution in [3.63, 3.8) is 0 Å². The largest absolute Gasteiger partial charge is 0.413 e. The molecule has 90 valence electrons. The number of rotatable bonds is 4. The van der Waals surface area contributed by atoms with Crippen molar-refractivity contribution in [2.24, 2.45) is 0 Å². The topological polar surface area (TPSA) is 58.6 Å². The van der Waals surface area contributed by atoms with E-state index in [1.54, 1.807) is 0 Å². The molecular formula is C6H11F3N2O3S. The smallest absolute Gasteiger partial charge is 0.276 e. The van der Waals surface area contributed by atoms with Gasteiger partial charge in [0.1, 0.15) is 0 Å². The first-order valence-corrected chi connectivity index (χ1v) is 5.71. The average molecular weight is 248 g/mol. The van der Waals surface area contributed by atoms with Crippen molar-refractivity contribution >= 4 is 10.2 Å². The van der Waals surface area contributed by atoms with E-state index in [1.165, 1.54) is 4.89 Å². The lowest BCUT2D eigenvalue weighted by atomic mass is 10.4. The van der Waals surface area contributed by atoms with E-state index >= 15 is 0 Å². The van der Waals surface area contributed by atoms with E-state index in [0.717, 1.165) is 4.31 Å². The minimum absolute atomic E-state index is 0.310. The Morgan fingerprint density at radius 3 is 2.27 bits per heavy atom. The summed E-state index contributed by atoms with van der Waals surface area (Å²) in [4.78, 5) is 5.31. The van der Waals surface area contributed by atoms with E-state index in [1.807, 2.05) is 0 Å². The number of hydrogen-bond donors (Lipinski definition) is 1. The highest BCUT2D eigenvalue weighted by Gasteiger charge is 2.30. The lowest BCUT2D eigenvalue weighted by molar-refractivity contribution is -0.181. The monoisotopic (exact) mass is 248 g/mol. The first-order chi connectivity index (χ1) is 6.81. The van der Waals surface area contributed by atoms with Gasteiger partial charge in [-0.2, -0.15) is 25.9 Å². The maximum atomic E-state index is 11.6. The molecule has 0 bridgehead atoms. The molecule has 0 amide bonds. The molecular weight excluding hydrogens is 237 g/mol. The van der Waals surface area contributed by atoms with Crippen molar-refractivity contribution in [2.45, 2.75) is 19.0 Å². The summed E-state index contributed by atoms with van der Waals surface area (Å²) in [6, 6.07) is 0. The van der Waals surface area contributed by atoms with Gasteiger partial charge in [-0.25, -0.2) is 0 Å². The van der Waals surface area contributed by atoms with Gasteiger partial charge < -0.3 is 0 Å². The molecule has 1 aliphatic heterocycles. The number of nitrogens with zero attached hydrogens (tertiary/aromatic N) is 1. The van der Waals surface area contributed by atoms with Crippen LogP contribution in [0.5, 0.6) is 0 Å². The van der Waals surface area contributed by atoms with Crippen molar-refractivity contribution in [2.75, 3.05) is 19.7 Å². The van der Waals surface area contributed by atoms with E-state index in [2.05, 4.69) is 4.84 Å². The molecule has 1 fully saturated rings. The summed E-state index contributed by atoms with van der Waals surface area (Å²) < 4.78 is 58.4. The van der Waals surface area contributed by atoms with Crippen molar-refractivity contribution in [3.8, 4) is 0 Å². The average Bonchev–Trinajstić information content (AvgIpc) is 2.52. The van der Waals surface area contributed by atoms with Crippen LogP contribution in [0.3, 0.4) is 0 Å². The summed E-state index contributed by atoms with van der Waals surface area (Å²) in [6.07, 6.45) is -3.13. The Bertz CT molecular complexity index is 297. The van der Waals surface area contributed by atoms with Crippen molar-refractivity contribution in [3.05, 3.63) is 0 Å². The van der Waals surface area contributed by atoms with Crippen LogP contribution in [0, 0.1) is 0 Å². The van der Waals surface area contributed by atoms with Crippen LogP contribution in [-0.2, 0) is 15.0 Å². The summed E-state index contributed by atoms with van der Waals surface area (Å²) in [7, 11) is -3.92. The molecule has 5 nitrogen and oxygen atoms in total. The number of halogens is 3. The third-order valence-corrected chi connectivity index (χ3v) is 3.18. The van der Waals surface area contributed by atoms with Crippen LogP contribution >= 0.6 is 0 Å². The molecule has 1 aliphatic rings. The summed E-state index contributed by atoms with van der Waals surface area (Å²) in [5, 5.41) is 0. The fraction of sp³-hybridized carbons (Fsp3) is 1.00. The minimum atomic E-state index is -4.55. The molecule has 0 aliphatic carbocycles. The van der Waals surface area contributed by atoms with Crippen LogP contribution in [0.15, 0.2) is 0 Å². The van der Waals surface area contributed by atoms with Crippen LogP contribution in [0.25, 0.3) is 0 Å². The maximum absolute atomic E-state index is 11.6. The first-order valence-electron chi connectivity index (χ1n) is 4.27. The second-order valence-corrected chi connectivity index (χ2v) is 4.73. The molecule has 0 radical (unpaired) electrons. The molecule has 0 spiro atoms. The summed E-state index contributed by atoms with van der Waals surface area (Å²) in [5.41, 5.74) is 0. The zero-order chi connectivity index (χ0) is 11.5. The Morgan fingerprint density at radius 1 is 1.27 bits per heavy atom. The Kier molecular flexibility index (Phi) is 3.93. The highest BCUT2D eigenvalue weighted by molar-refractivity contribution is 7.87. The normalized spacial score (nSPS) is 19.7. The zero-order valence-electron chi connectivity index (χ0n) is 7.75. The Hall–Kier alpha value is -0.380. The molecule has 1 N–H and O–H groups in total. The summed E-state index contributed by atoms with van der Waals surface area (Å²) in [5.74, 6) is 0. The molecule has 1 saturated heterocycles.